The molecule has 0 aliphatic heterocycles. The lowest BCUT2D eigenvalue weighted by Gasteiger charge is -2.17. The van der Waals surface area contributed by atoms with E-state index in [-0.39, 0.29) is 11.1 Å². The molecule has 0 spiro atoms. The van der Waals surface area contributed by atoms with Crippen LogP contribution in [0, 0.1) is 0 Å². The molecule has 0 aliphatic rings. The number of hydrogen-bond donors (Lipinski definition) is 1. The Morgan fingerprint density at radius 3 is 2.38 bits per heavy atom. The molecule has 0 radical (unpaired) electrons. The zero-order valence-electron chi connectivity index (χ0n) is 14.0. The Bertz CT molecular complexity index is 996. The molecule has 0 amide bonds. The van der Waals surface area contributed by atoms with Crippen LogP contribution in [0.1, 0.15) is 5.56 Å². The second-order valence-corrected chi connectivity index (χ2v) is 6.99. The largest absolute Gasteiger partial charge is 0.493 e. The van der Waals surface area contributed by atoms with Gasteiger partial charge in [-0.3, -0.25) is 4.57 Å². The lowest BCUT2D eigenvalue weighted by Crippen LogP contribution is -2.06. The van der Waals surface area contributed by atoms with Crippen molar-refractivity contribution < 1.29 is 14.2 Å². The third kappa shape index (κ3) is 3.17. The minimum absolute atomic E-state index is 0.0695. The highest BCUT2D eigenvalue weighted by molar-refractivity contribution is 9.10. The van der Waals surface area contributed by atoms with Crippen LogP contribution in [0.25, 0.3) is 11.2 Å². The van der Waals surface area contributed by atoms with Crippen molar-refractivity contribution in [3.63, 3.8) is 0 Å². The summed E-state index contributed by atoms with van der Waals surface area (Å²) in [4.78, 5) is 12.5. The summed E-state index contributed by atoms with van der Waals surface area (Å²) in [7, 11) is 4.67. The number of nitrogens with zero attached hydrogens (tertiary/aromatic N) is 4. The van der Waals surface area contributed by atoms with Gasteiger partial charge in [0.25, 0.3) is 0 Å². The average Bonchev–Trinajstić information content (AvgIpc) is 2.92. The summed E-state index contributed by atoms with van der Waals surface area (Å²) in [5, 5.41) is 0.191. The second-order valence-electron chi connectivity index (χ2n) is 5.13. The van der Waals surface area contributed by atoms with E-state index in [9.17, 15) is 0 Å². The highest BCUT2D eigenvalue weighted by Crippen LogP contribution is 2.45. The molecule has 0 fully saturated rings. The van der Waals surface area contributed by atoms with E-state index < -0.39 is 0 Å². The van der Waals surface area contributed by atoms with Crippen LogP contribution in [0.15, 0.2) is 15.3 Å². The van der Waals surface area contributed by atoms with E-state index in [0.29, 0.717) is 39.7 Å². The Labute approximate surface area is 170 Å². The van der Waals surface area contributed by atoms with Gasteiger partial charge in [0.15, 0.2) is 27.0 Å². The quantitative estimate of drug-likeness (QED) is 0.416. The van der Waals surface area contributed by atoms with E-state index in [1.807, 2.05) is 10.6 Å². The molecule has 11 heteroatoms. The number of imidazole rings is 1. The predicted octanol–water partition coefficient (Wildman–Crippen LogP) is 3.66. The van der Waals surface area contributed by atoms with Crippen molar-refractivity contribution in [1.82, 2.24) is 19.5 Å². The number of anilines is 1. The lowest BCUT2D eigenvalue weighted by atomic mass is 10.1. The molecule has 3 rings (SSSR count). The zero-order valence-corrected chi connectivity index (χ0v) is 17.9. The fourth-order valence-electron chi connectivity index (χ4n) is 2.55. The number of benzene rings is 1. The molecular weight excluding hydrogens is 493 g/mol. The number of halogens is 3. The van der Waals surface area contributed by atoms with Gasteiger partial charge < -0.3 is 19.9 Å². The molecule has 0 unspecified atom stereocenters. The number of aromatic nitrogens is 4. The Balaban J connectivity index is 2.18. The van der Waals surface area contributed by atoms with Gasteiger partial charge in [-0.15, -0.1) is 0 Å². The van der Waals surface area contributed by atoms with Gasteiger partial charge in [-0.2, -0.15) is 9.97 Å². The number of nitrogens with two attached hydrogens (primary N) is 1. The van der Waals surface area contributed by atoms with E-state index in [1.165, 1.54) is 0 Å². The van der Waals surface area contributed by atoms with Gasteiger partial charge in [-0.05, 0) is 43.5 Å². The number of ether oxygens (including phenoxy) is 3. The van der Waals surface area contributed by atoms with Crippen LogP contribution in [0.3, 0.4) is 0 Å². The van der Waals surface area contributed by atoms with Crippen molar-refractivity contribution >= 4 is 60.6 Å². The third-order valence-electron chi connectivity index (χ3n) is 3.70. The van der Waals surface area contributed by atoms with Gasteiger partial charge >= 0.3 is 0 Å². The Morgan fingerprint density at radius 1 is 1.08 bits per heavy atom. The standard InChI is InChI=1S/C15H14Br2ClN5O3/c1-24-7-4-6(8(16)11(26-3)10(7)25-2)5-23-13-9(20-14(23)17)12(18)21-15(19)22-13/h4H,5H2,1-3H3,(H2,19,21,22). The highest BCUT2D eigenvalue weighted by Gasteiger charge is 2.21. The first kappa shape index (κ1) is 19.0. The Morgan fingerprint density at radius 2 is 1.77 bits per heavy atom. The normalized spacial score (nSPS) is 11.0. The lowest BCUT2D eigenvalue weighted by molar-refractivity contribution is 0.322. The SMILES string of the molecule is COc1cc(Cn2c(Br)nc3c(Cl)nc(N)nc32)c(Br)c(OC)c1OC. The van der Waals surface area contributed by atoms with Crippen LogP contribution in [-0.2, 0) is 6.54 Å². The van der Waals surface area contributed by atoms with Gasteiger partial charge in [0, 0.05) is 0 Å². The monoisotopic (exact) mass is 505 g/mol. The third-order valence-corrected chi connectivity index (χ3v) is 5.43. The molecule has 0 atom stereocenters. The molecule has 0 bridgehead atoms. The number of nitrogen functional groups attached to an aromatic ring is 1. The molecule has 0 saturated carbocycles. The van der Waals surface area contributed by atoms with Crippen LogP contribution in [0.4, 0.5) is 5.95 Å². The maximum absolute atomic E-state index is 6.12. The summed E-state index contributed by atoms with van der Waals surface area (Å²) in [6.07, 6.45) is 0. The van der Waals surface area contributed by atoms with Crippen LogP contribution in [0.2, 0.25) is 5.15 Å². The molecule has 138 valence electrons. The molecule has 26 heavy (non-hydrogen) atoms. The summed E-state index contributed by atoms with van der Waals surface area (Å²) >= 11 is 13.1. The second kappa shape index (κ2) is 7.45. The van der Waals surface area contributed by atoms with Gasteiger partial charge in [0.1, 0.15) is 5.52 Å². The molecule has 0 aliphatic carbocycles. The van der Waals surface area contributed by atoms with E-state index in [0.717, 1.165) is 10.0 Å². The fraction of sp³-hybridized carbons (Fsp3) is 0.267. The minimum atomic E-state index is 0.0695. The van der Waals surface area contributed by atoms with Crippen molar-refractivity contribution in [3.8, 4) is 17.2 Å². The molecule has 0 saturated heterocycles. The molecule has 2 N–H and O–H groups in total. The topological polar surface area (TPSA) is 97.3 Å². The summed E-state index contributed by atoms with van der Waals surface area (Å²) in [6.45, 7) is 0.390. The summed E-state index contributed by atoms with van der Waals surface area (Å²) in [5.74, 6) is 1.62. The fourth-order valence-corrected chi connectivity index (χ4v) is 3.82. The van der Waals surface area contributed by atoms with Gasteiger partial charge in [-0.1, -0.05) is 11.6 Å². The first-order valence-corrected chi connectivity index (χ1v) is 9.19. The Hall–Kier alpha value is -1.78. The molecule has 2 heterocycles. The maximum Gasteiger partial charge on any atom is 0.223 e. The smallest absolute Gasteiger partial charge is 0.223 e. The van der Waals surface area contributed by atoms with E-state index in [1.54, 1.807) is 21.3 Å². The molecule has 8 nitrogen and oxygen atoms in total. The summed E-state index contributed by atoms with van der Waals surface area (Å²) < 4.78 is 19.4. The molecular formula is C15H14Br2ClN5O3. The van der Waals surface area contributed by atoms with Gasteiger partial charge in [0.2, 0.25) is 11.7 Å². The van der Waals surface area contributed by atoms with Crippen molar-refractivity contribution in [1.29, 1.82) is 0 Å². The highest BCUT2D eigenvalue weighted by atomic mass is 79.9. The predicted molar refractivity (Wildman–Crippen MR) is 105 cm³/mol. The first-order chi connectivity index (χ1) is 12.4. The van der Waals surface area contributed by atoms with Crippen molar-refractivity contribution in [3.05, 3.63) is 26.0 Å². The van der Waals surface area contributed by atoms with Crippen LogP contribution in [-0.4, -0.2) is 40.8 Å². The minimum Gasteiger partial charge on any atom is -0.493 e. The van der Waals surface area contributed by atoms with Gasteiger partial charge in [0.05, 0.1) is 32.3 Å². The summed E-state index contributed by atoms with van der Waals surface area (Å²) in [5.41, 5.74) is 7.55. The van der Waals surface area contributed by atoms with E-state index in [2.05, 4.69) is 46.8 Å². The Kier molecular flexibility index (Phi) is 5.44. The van der Waals surface area contributed by atoms with Crippen LogP contribution >= 0.6 is 43.5 Å². The molecule has 1 aromatic carbocycles. The average molecular weight is 508 g/mol. The van der Waals surface area contributed by atoms with Crippen molar-refractivity contribution in [2.45, 2.75) is 6.54 Å². The number of hydrogen-bond acceptors (Lipinski definition) is 7. The van der Waals surface area contributed by atoms with E-state index in [4.69, 9.17) is 31.5 Å². The number of fused-ring (bicyclic) bond motifs is 1. The number of methoxy groups -OCH3 is 3. The van der Waals surface area contributed by atoms with E-state index >= 15 is 0 Å². The number of rotatable bonds is 5. The van der Waals surface area contributed by atoms with Crippen LogP contribution in [0.5, 0.6) is 17.2 Å². The first-order valence-electron chi connectivity index (χ1n) is 7.23. The van der Waals surface area contributed by atoms with Crippen molar-refractivity contribution in [2.24, 2.45) is 0 Å². The van der Waals surface area contributed by atoms with Crippen LogP contribution < -0.4 is 19.9 Å². The zero-order chi connectivity index (χ0) is 19.0. The summed E-state index contributed by atoms with van der Waals surface area (Å²) in [6, 6.07) is 1.84. The molecule has 2 aromatic heterocycles. The molecule has 3 aromatic rings. The van der Waals surface area contributed by atoms with Crippen molar-refractivity contribution in [2.75, 3.05) is 27.1 Å². The van der Waals surface area contributed by atoms with Gasteiger partial charge in [-0.25, -0.2) is 4.98 Å². The maximum atomic E-state index is 6.12.